The predicted molar refractivity (Wildman–Crippen MR) is 94.5 cm³/mol. The predicted octanol–water partition coefficient (Wildman–Crippen LogP) is 3.63. The summed E-state index contributed by atoms with van der Waals surface area (Å²) in [7, 11) is 0. The molecule has 24 heavy (non-hydrogen) atoms. The second kappa shape index (κ2) is 7.64. The zero-order valence-electron chi connectivity index (χ0n) is 14.4. The summed E-state index contributed by atoms with van der Waals surface area (Å²) < 4.78 is 6.05. The minimum atomic E-state index is -0.643. The number of oxime groups is 1. The van der Waals surface area contributed by atoms with Crippen LogP contribution in [-0.4, -0.2) is 18.2 Å². The fourth-order valence-corrected chi connectivity index (χ4v) is 2.27. The lowest BCUT2D eigenvalue weighted by molar-refractivity contribution is -0.112. The summed E-state index contributed by atoms with van der Waals surface area (Å²) in [5.41, 5.74) is 9.03. The Hall–Kier alpha value is -2.82. The third-order valence-electron chi connectivity index (χ3n) is 3.62. The van der Waals surface area contributed by atoms with E-state index in [1.807, 2.05) is 45.0 Å². The fraction of sp³-hybridized carbons (Fsp3) is 0.263. The molecule has 0 radical (unpaired) electrons. The van der Waals surface area contributed by atoms with Crippen molar-refractivity contribution in [3.8, 4) is 11.5 Å². The summed E-state index contributed by atoms with van der Waals surface area (Å²) in [4.78, 5) is 16.7. The number of aryl methyl sites for hydroxylation is 2. The van der Waals surface area contributed by atoms with Crippen molar-refractivity contribution in [1.29, 1.82) is 0 Å². The molecule has 0 saturated heterocycles. The van der Waals surface area contributed by atoms with Gasteiger partial charge in [-0.15, -0.1) is 0 Å². The molecular weight excluding hydrogens is 304 g/mol. The van der Waals surface area contributed by atoms with Gasteiger partial charge in [-0.25, -0.2) is 0 Å². The Balaban J connectivity index is 2.44. The van der Waals surface area contributed by atoms with Crippen LogP contribution in [0, 0.1) is 20.8 Å². The van der Waals surface area contributed by atoms with Crippen molar-refractivity contribution in [2.75, 3.05) is 6.61 Å². The van der Waals surface area contributed by atoms with E-state index in [9.17, 15) is 4.79 Å². The lowest BCUT2D eigenvalue weighted by Gasteiger charge is -2.14. The molecule has 5 nitrogen and oxygen atoms in total. The standard InChI is InChI=1S/C19H22N2O3/c1-5-23-21-18(19(20)22)15-7-6-8-16(14(15)4)24-17-11-12(2)9-10-13(17)3/h6-11H,5H2,1-4H3,(H2,20,22)/b21-18-. The van der Waals surface area contributed by atoms with Crippen molar-refractivity contribution in [1.82, 2.24) is 0 Å². The van der Waals surface area contributed by atoms with Gasteiger partial charge in [-0.05, 0) is 51.0 Å². The number of ether oxygens (including phenoxy) is 1. The summed E-state index contributed by atoms with van der Waals surface area (Å²) in [6.45, 7) is 8.00. The normalized spacial score (nSPS) is 11.2. The fourth-order valence-electron chi connectivity index (χ4n) is 2.27. The smallest absolute Gasteiger partial charge is 0.271 e. The van der Waals surface area contributed by atoms with E-state index >= 15 is 0 Å². The first-order valence-corrected chi connectivity index (χ1v) is 7.79. The molecule has 0 atom stereocenters. The Kier molecular flexibility index (Phi) is 5.58. The molecule has 5 heteroatoms. The lowest BCUT2D eigenvalue weighted by atomic mass is 10.0. The van der Waals surface area contributed by atoms with Crippen LogP contribution in [0.1, 0.15) is 29.2 Å². The van der Waals surface area contributed by atoms with E-state index in [-0.39, 0.29) is 5.71 Å². The third kappa shape index (κ3) is 3.93. The number of nitrogens with two attached hydrogens (primary N) is 1. The monoisotopic (exact) mass is 326 g/mol. The molecular formula is C19H22N2O3. The van der Waals surface area contributed by atoms with Crippen LogP contribution < -0.4 is 10.5 Å². The van der Waals surface area contributed by atoms with Crippen LogP contribution in [0.25, 0.3) is 0 Å². The van der Waals surface area contributed by atoms with Gasteiger partial charge in [0.15, 0.2) is 5.71 Å². The van der Waals surface area contributed by atoms with Gasteiger partial charge in [0.2, 0.25) is 0 Å². The van der Waals surface area contributed by atoms with Crippen LogP contribution in [0.4, 0.5) is 0 Å². The van der Waals surface area contributed by atoms with Gasteiger partial charge in [0.25, 0.3) is 5.91 Å². The highest BCUT2D eigenvalue weighted by Gasteiger charge is 2.17. The summed E-state index contributed by atoms with van der Waals surface area (Å²) in [6.07, 6.45) is 0. The molecule has 126 valence electrons. The van der Waals surface area contributed by atoms with E-state index in [0.29, 0.717) is 17.9 Å². The number of hydrogen-bond donors (Lipinski definition) is 1. The second-order valence-electron chi connectivity index (χ2n) is 5.52. The van der Waals surface area contributed by atoms with Crippen LogP contribution >= 0.6 is 0 Å². The number of carbonyl (C=O) groups excluding carboxylic acids is 1. The number of nitrogens with zero attached hydrogens (tertiary/aromatic N) is 1. The molecule has 0 spiro atoms. The minimum absolute atomic E-state index is 0.0840. The first kappa shape index (κ1) is 17.5. The van der Waals surface area contributed by atoms with Crippen LogP contribution in [0.15, 0.2) is 41.6 Å². The van der Waals surface area contributed by atoms with Gasteiger partial charge < -0.3 is 15.3 Å². The van der Waals surface area contributed by atoms with Crippen molar-refractivity contribution >= 4 is 11.6 Å². The maximum Gasteiger partial charge on any atom is 0.271 e. The SMILES string of the molecule is CCO/N=C(\C(N)=O)c1cccc(Oc2cc(C)ccc2C)c1C. The second-order valence-corrected chi connectivity index (χ2v) is 5.52. The van der Waals surface area contributed by atoms with Crippen molar-refractivity contribution in [2.45, 2.75) is 27.7 Å². The Bertz CT molecular complexity index is 782. The highest BCUT2D eigenvalue weighted by Crippen LogP contribution is 2.30. The molecule has 0 aliphatic rings. The summed E-state index contributed by atoms with van der Waals surface area (Å²) in [6, 6.07) is 11.4. The van der Waals surface area contributed by atoms with Crippen LogP contribution in [0.5, 0.6) is 11.5 Å². The highest BCUT2D eigenvalue weighted by molar-refractivity contribution is 6.45. The zero-order chi connectivity index (χ0) is 17.7. The third-order valence-corrected chi connectivity index (χ3v) is 3.62. The largest absolute Gasteiger partial charge is 0.457 e. The molecule has 2 rings (SSSR count). The molecule has 0 saturated carbocycles. The molecule has 2 aromatic rings. The average Bonchev–Trinajstić information content (AvgIpc) is 2.54. The summed E-state index contributed by atoms with van der Waals surface area (Å²) >= 11 is 0. The van der Waals surface area contributed by atoms with E-state index in [1.54, 1.807) is 19.1 Å². The molecule has 0 aliphatic carbocycles. The van der Waals surface area contributed by atoms with Gasteiger partial charge in [-0.3, -0.25) is 4.79 Å². The maximum atomic E-state index is 11.7. The van der Waals surface area contributed by atoms with Crippen molar-refractivity contribution in [3.05, 3.63) is 58.7 Å². The Morgan fingerprint density at radius 3 is 2.54 bits per heavy atom. The minimum Gasteiger partial charge on any atom is -0.457 e. The number of primary amides is 1. The van der Waals surface area contributed by atoms with Gasteiger partial charge in [-0.1, -0.05) is 29.4 Å². The molecule has 1 amide bonds. The topological polar surface area (TPSA) is 73.9 Å². The number of hydrogen-bond acceptors (Lipinski definition) is 4. The number of benzene rings is 2. The van der Waals surface area contributed by atoms with Crippen LogP contribution in [0.2, 0.25) is 0 Å². The van der Waals surface area contributed by atoms with Crippen LogP contribution in [-0.2, 0) is 9.63 Å². The molecule has 0 heterocycles. The summed E-state index contributed by atoms with van der Waals surface area (Å²) in [5, 5.41) is 3.84. The molecule has 0 fully saturated rings. The Labute approximate surface area is 142 Å². The number of amides is 1. The van der Waals surface area contributed by atoms with E-state index in [2.05, 4.69) is 5.16 Å². The summed E-state index contributed by atoms with van der Waals surface area (Å²) in [5.74, 6) is 0.778. The quantitative estimate of drug-likeness (QED) is 0.650. The Morgan fingerprint density at radius 1 is 1.12 bits per heavy atom. The molecule has 2 aromatic carbocycles. The zero-order valence-corrected chi connectivity index (χ0v) is 14.4. The first-order valence-electron chi connectivity index (χ1n) is 7.79. The lowest BCUT2D eigenvalue weighted by Crippen LogP contribution is -2.25. The van der Waals surface area contributed by atoms with E-state index in [1.165, 1.54) is 0 Å². The van der Waals surface area contributed by atoms with Gasteiger partial charge in [0.05, 0.1) is 0 Å². The molecule has 0 unspecified atom stereocenters. The van der Waals surface area contributed by atoms with Crippen LogP contribution in [0.3, 0.4) is 0 Å². The van der Waals surface area contributed by atoms with Gasteiger partial charge in [-0.2, -0.15) is 0 Å². The average molecular weight is 326 g/mol. The molecule has 0 aliphatic heterocycles. The Morgan fingerprint density at radius 2 is 1.88 bits per heavy atom. The van der Waals surface area contributed by atoms with Crippen molar-refractivity contribution < 1.29 is 14.4 Å². The highest BCUT2D eigenvalue weighted by atomic mass is 16.6. The van der Waals surface area contributed by atoms with Gasteiger partial charge in [0, 0.05) is 11.1 Å². The molecule has 0 bridgehead atoms. The van der Waals surface area contributed by atoms with E-state index in [0.717, 1.165) is 22.4 Å². The number of carbonyl (C=O) groups is 1. The molecule has 0 aromatic heterocycles. The first-order chi connectivity index (χ1) is 11.4. The molecule has 2 N–H and O–H groups in total. The van der Waals surface area contributed by atoms with Gasteiger partial charge >= 0.3 is 0 Å². The van der Waals surface area contributed by atoms with Crippen molar-refractivity contribution in [3.63, 3.8) is 0 Å². The number of rotatable bonds is 6. The maximum absolute atomic E-state index is 11.7. The van der Waals surface area contributed by atoms with Crippen molar-refractivity contribution in [2.24, 2.45) is 10.9 Å². The van der Waals surface area contributed by atoms with E-state index in [4.69, 9.17) is 15.3 Å². The van der Waals surface area contributed by atoms with E-state index < -0.39 is 5.91 Å². The van der Waals surface area contributed by atoms with Gasteiger partial charge in [0.1, 0.15) is 18.1 Å².